The summed E-state index contributed by atoms with van der Waals surface area (Å²) in [6.07, 6.45) is 6.32. The van der Waals surface area contributed by atoms with E-state index in [0.29, 0.717) is 18.4 Å². The Morgan fingerprint density at radius 3 is 3.00 bits per heavy atom. The minimum atomic E-state index is 0.175. The van der Waals surface area contributed by atoms with E-state index in [0.717, 1.165) is 50.6 Å². The van der Waals surface area contributed by atoms with Gasteiger partial charge in [-0.05, 0) is 31.6 Å². The summed E-state index contributed by atoms with van der Waals surface area (Å²) < 4.78 is 5.50. The van der Waals surface area contributed by atoms with Crippen LogP contribution in [0.5, 0.6) is 0 Å². The van der Waals surface area contributed by atoms with Gasteiger partial charge in [-0.2, -0.15) is 0 Å². The fraction of sp³-hybridized carbons (Fsp3) is 0.923. The van der Waals surface area contributed by atoms with Crippen LogP contribution in [-0.2, 0) is 9.53 Å². The molecule has 0 aromatic heterocycles. The molecule has 0 aliphatic carbocycles. The van der Waals surface area contributed by atoms with E-state index in [2.05, 4.69) is 28.2 Å². The third-order valence-corrected chi connectivity index (χ3v) is 3.86. The molecule has 1 aliphatic rings. The largest absolute Gasteiger partial charge is 0.378 e. The van der Waals surface area contributed by atoms with Gasteiger partial charge in [0, 0.05) is 24.9 Å². The highest BCUT2D eigenvalue weighted by Gasteiger charge is 2.16. The van der Waals surface area contributed by atoms with Gasteiger partial charge in [0.15, 0.2) is 0 Å². The first-order chi connectivity index (χ1) is 8.26. The van der Waals surface area contributed by atoms with Crippen molar-refractivity contribution < 1.29 is 9.53 Å². The molecular weight excluding hydrogens is 282 g/mol. The quantitative estimate of drug-likeness (QED) is 0.700. The number of carbonyl (C=O) groups is 1. The molecule has 100 valence electrons. The van der Waals surface area contributed by atoms with E-state index in [4.69, 9.17) is 4.74 Å². The van der Waals surface area contributed by atoms with Gasteiger partial charge >= 0.3 is 0 Å². The highest BCUT2D eigenvalue weighted by molar-refractivity contribution is 9.09. The molecule has 0 spiro atoms. The Hall–Kier alpha value is -0.0900. The van der Waals surface area contributed by atoms with E-state index >= 15 is 0 Å². The lowest BCUT2D eigenvalue weighted by atomic mass is 10.0. The van der Waals surface area contributed by atoms with Crippen LogP contribution in [0.4, 0.5) is 0 Å². The molecule has 1 N–H and O–H groups in total. The van der Waals surface area contributed by atoms with Crippen LogP contribution in [0.15, 0.2) is 0 Å². The molecule has 17 heavy (non-hydrogen) atoms. The van der Waals surface area contributed by atoms with Crippen molar-refractivity contribution in [2.45, 2.75) is 51.6 Å². The average Bonchev–Trinajstić information content (AvgIpc) is 2.85. The maximum absolute atomic E-state index is 11.6. The van der Waals surface area contributed by atoms with Crippen molar-refractivity contribution in [3.8, 4) is 0 Å². The lowest BCUT2D eigenvalue weighted by Gasteiger charge is -2.15. The lowest BCUT2D eigenvalue weighted by molar-refractivity contribution is -0.121. The monoisotopic (exact) mass is 305 g/mol. The molecule has 3 nitrogen and oxygen atoms in total. The van der Waals surface area contributed by atoms with Gasteiger partial charge < -0.3 is 10.1 Å². The van der Waals surface area contributed by atoms with E-state index in [1.807, 2.05) is 0 Å². The van der Waals surface area contributed by atoms with Gasteiger partial charge in [0.1, 0.15) is 0 Å². The Kier molecular flexibility index (Phi) is 7.86. The molecule has 0 saturated carbocycles. The Morgan fingerprint density at radius 1 is 1.59 bits per heavy atom. The molecule has 1 heterocycles. The van der Waals surface area contributed by atoms with Crippen LogP contribution in [0.1, 0.15) is 45.4 Å². The predicted molar refractivity (Wildman–Crippen MR) is 73.4 cm³/mol. The van der Waals surface area contributed by atoms with Crippen molar-refractivity contribution in [3.05, 3.63) is 0 Å². The van der Waals surface area contributed by atoms with Crippen LogP contribution >= 0.6 is 15.9 Å². The maximum Gasteiger partial charge on any atom is 0.220 e. The number of nitrogens with one attached hydrogen (secondary N) is 1. The first kappa shape index (κ1) is 15.0. The molecule has 0 radical (unpaired) electrons. The molecule has 1 aliphatic heterocycles. The summed E-state index contributed by atoms with van der Waals surface area (Å²) in [6, 6.07) is 0. The van der Waals surface area contributed by atoms with Crippen LogP contribution in [0.3, 0.4) is 0 Å². The summed E-state index contributed by atoms with van der Waals surface area (Å²) >= 11 is 3.44. The summed E-state index contributed by atoms with van der Waals surface area (Å²) in [5.74, 6) is 0.773. The number of ether oxygens (including phenoxy) is 1. The minimum absolute atomic E-state index is 0.175. The molecule has 2 unspecified atom stereocenters. The summed E-state index contributed by atoms with van der Waals surface area (Å²) in [5.41, 5.74) is 0. The number of rotatable bonds is 8. The van der Waals surface area contributed by atoms with Crippen LogP contribution in [0.2, 0.25) is 0 Å². The average molecular weight is 306 g/mol. The zero-order valence-corrected chi connectivity index (χ0v) is 12.3. The van der Waals surface area contributed by atoms with Gasteiger partial charge in [-0.3, -0.25) is 4.79 Å². The molecule has 0 aromatic rings. The number of halogens is 1. The second-order valence-electron chi connectivity index (χ2n) is 4.73. The maximum atomic E-state index is 11.6. The van der Waals surface area contributed by atoms with Crippen molar-refractivity contribution in [2.75, 3.05) is 18.5 Å². The van der Waals surface area contributed by atoms with E-state index in [1.54, 1.807) is 0 Å². The molecule has 0 aromatic carbocycles. The minimum Gasteiger partial charge on any atom is -0.378 e. The second-order valence-corrected chi connectivity index (χ2v) is 5.52. The molecule has 1 fully saturated rings. The van der Waals surface area contributed by atoms with Gasteiger partial charge in [-0.15, -0.1) is 0 Å². The standard InChI is InChI=1S/C13H24BrNO2/c1-2-11(7-8-14)10-15-13(16)6-5-12-4-3-9-17-12/h11-12H,2-10H2,1H3,(H,15,16). The van der Waals surface area contributed by atoms with Crippen LogP contribution < -0.4 is 5.32 Å². The van der Waals surface area contributed by atoms with Crippen LogP contribution in [0, 0.1) is 5.92 Å². The van der Waals surface area contributed by atoms with Crippen LogP contribution in [-0.4, -0.2) is 30.5 Å². The number of hydrogen-bond donors (Lipinski definition) is 1. The van der Waals surface area contributed by atoms with Crippen molar-refractivity contribution in [1.29, 1.82) is 0 Å². The normalized spacial score (nSPS) is 21.4. The molecule has 4 heteroatoms. The number of alkyl halides is 1. The van der Waals surface area contributed by atoms with Crippen LogP contribution in [0.25, 0.3) is 0 Å². The Balaban J connectivity index is 2.07. The Labute approximate surface area is 113 Å². The van der Waals surface area contributed by atoms with Crippen molar-refractivity contribution in [3.63, 3.8) is 0 Å². The predicted octanol–water partition coefficient (Wildman–Crippen LogP) is 2.87. The van der Waals surface area contributed by atoms with Gasteiger partial charge in [0.2, 0.25) is 5.91 Å². The van der Waals surface area contributed by atoms with E-state index < -0.39 is 0 Å². The molecule has 1 rings (SSSR count). The number of carbonyl (C=O) groups excluding carboxylic acids is 1. The van der Waals surface area contributed by atoms with E-state index in [-0.39, 0.29) is 5.91 Å². The second kappa shape index (κ2) is 8.92. The molecular formula is C13H24BrNO2. The summed E-state index contributed by atoms with van der Waals surface area (Å²) in [4.78, 5) is 11.6. The number of amides is 1. The molecule has 2 atom stereocenters. The third-order valence-electron chi connectivity index (χ3n) is 3.40. The first-order valence-corrected chi connectivity index (χ1v) is 7.82. The summed E-state index contributed by atoms with van der Waals surface area (Å²) in [5, 5.41) is 4.04. The van der Waals surface area contributed by atoms with Crippen molar-refractivity contribution in [2.24, 2.45) is 5.92 Å². The van der Waals surface area contributed by atoms with Gasteiger partial charge in [-0.25, -0.2) is 0 Å². The third kappa shape index (κ3) is 6.41. The van der Waals surface area contributed by atoms with Gasteiger partial charge in [0.05, 0.1) is 6.10 Å². The highest BCUT2D eigenvalue weighted by Crippen LogP contribution is 2.16. The SMILES string of the molecule is CCC(CCBr)CNC(=O)CCC1CCCO1. The molecule has 1 amide bonds. The first-order valence-electron chi connectivity index (χ1n) is 6.70. The van der Waals surface area contributed by atoms with E-state index in [9.17, 15) is 4.79 Å². The lowest BCUT2D eigenvalue weighted by Crippen LogP contribution is -2.29. The Morgan fingerprint density at radius 2 is 2.41 bits per heavy atom. The fourth-order valence-electron chi connectivity index (χ4n) is 2.12. The number of hydrogen-bond acceptors (Lipinski definition) is 2. The summed E-state index contributed by atoms with van der Waals surface area (Å²) in [7, 11) is 0. The molecule has 1 saturated heterocycles. The van der Waals surface area contributed by atoms with Gasteiger partial charge in [-0.1, -0.05) is 29.3 Å². The highest BCUT2D eigenvalue weighted by atomic mass is 79.9. The van der Waals surface area contributed by atoms with E-state index in [1.165, 1.54) is 0 Å². The zero-order chi connectivity index (χ0) is 12.5. The topological polar surface area (TPSA) is 38.3 Å². The zero-order valence-electron chi connectivity index (χ0n) is 10.7. The fourth-order valence-corrected chi connectivity index (χ4v) is 2.76. The summed E-state index contributed by atoms with van der Waals surface area (Å²) in [6.45, 7) is 3.85. The molecule has 0 bridgehead atoms. The van der Waals surface area contributed by atoms with Crippen molar-refractivity contribution in [1.82, 2.24) is 5.32 Å². The Bertz CT molecular complexity index is 217. The van der Waals surface area contributed by atoms with Gasteiger partial charge in [0.25, 0.3) is 0 Å². The van der Waals surface area contributed by atoms with Crippen molar-refractivity contribution >= 4 is 21.8 Å². The smallest absolute Gasteiger partial charge is 0.220 e.